The molecule has 17 heavy (non-hydrogen) atoms. The van der Waals surface area contributed by atoms with Crippen molar-refractivity contribution in [3.8, 4) is 0 Å². The summed E-state index contributed by atoms with van der Waals surface area (Å²) in [7, 11) is 0. The second kappa shape index (κ2) is 4.39. The van der Waals surface area contributed by atoms with Gasteiger partial charge < -0.3 is 9.84 Å². The molecule has 1 aliphatic heterocycles. The Balaban J connectivity index is 2.92. The van der Waals surface area contributed by atoms with E-state index in [0.717, 1.165) is 0 Å². The van der Waals surface area contributed by atoms with Gasteiger partial charge in [0.05, 0.1) is 0 Å². The number of aliphatic carboxylic acids is 1. The van der Waals surface area contributed by atoms with Crippen LogP contribution in [0.25, 0.3) is 0 Å². The zero-order valence-corrected chi connectivity index (χ0v) is 10.7. The molecule has 0 aliphatic carbocycles. The van der Waals surface area contributed by atoms with Crippen LogP contribution in [0.15, 0.2) is 12.3 Å². The zero-order chi connectivity index (χ0) is 13.3. The van der Waals surface area contributed by atoms with Gasteiger partial charge in [0.2, 0.25) is 0 Å². The summed E-state index contributed by atoms with van der Waals surface area (Å²) in [4.78, 5) is 24.5. The summed E-state index contributed by atoms with van der Waals surface area (Å²) in [5.74, 6) is -1.00. The molecule has 1 rings (SSSR count). The molecule has 1 N–H and O–H groups in total. The summed E-state index contributed by atoms with van der Waals surface area (Å²) in [5.41, 5.74) is -1.83. The minimum Gasteiger partial charge on any atom is -0.479 e. The fourth-order valence-corrected chi connectivity index (χ4v) is 1.80. The standard InChI is InChI=1S/C12H19NO4/c1-5-12(9(14)15)7-6-8-13(12)10(16)17-11(2,3)4/h6,8H,5,7H2,1-4H3,(H,14,15)/t12-/m1/s1. The number of carboxylic acids is 1. The van der Waals surface area contributed by atoms with E-state index in [0.29, 0.717) is 12.8 Å². The van der Waals surface area contributed by atoms with E-state index in [-0.39, 0.29) is 0 Å². The number of carbonyl (C=O) groups excluding carboxylic acids is 1. The van der Waals surface area contributed by atoms with Crippen molar-refractivity contribution in [3.05, 3.63) is 12.3 Å². The number of hydrogen-bond donors (Lipinski definition) is 1. The van der Waals surface area contributed by atoms with Gasteiger partial charge >= 0.3 is 12.1 Å². The van der Waals surface area contributed by atoms with Crippen molar-refractivity contribution in [2.24, 2.45) is 0 Å². The lowest BCUT2D eigenvalue weighted by Gasteiger charge is -2.34. The van der Waals surface area contributed by atoms with Crippen molar-refractivity contribution in [2.45, 2.75) is 51.7 Å². The summed E-state index contributed by atoms with van der Waals surface area (Å²) >= 11 is 0. The highest BCUT2D eigenvalue weighted by molar-refractivity contribution is 5.86. The second-order valence-corrected chi connectivity index (χ2v) is 5.13. The molecular weight excluding hydrogens is 222 g/mol. The van der Waals surface area contributed by atoms with Crippen LogP contribution in [0.5, 0.6) is 0 Å². The summed E-state index contributed by atoms with van der Waals surface area (Å²) in [6.07, 6.45) is 3.22. The van der Waals surface area contributed by atoms with Gasteiger partial charge in [-0.2, -0.15) is 0 Å². The SMILES string of the molecule is CC[C@]1(C(=O)O)CC=CN1C(=O)OC(C)(C)C. The van der Waals surface area contributed by atoms with Gasteiger partial charge in [-0.25, -0.2) is 9.59 Å². The minimum atomic E-state index is -1.19. The maximum atomic E-state index is 11.9. The fraction of sp³-hybridized carbons (Fsp3) is 0.667. The van der Waals surface area contributed by atoms with Crippen LogP contribution in [-0.2, 0) is 9.53 Å². The van der Waals surface area contributed by atoms with Crippen molar-refractivity contribution >= 4 is 12.1 Å². The van der Waals surface area contributed by atoms with Gasteiger partial charge in [0.15, 0.2) is 5.54 Å². The van der Waals surface area contributed by atoms with Crippen molar-refractivity contribution in [1.82, 2.24) is 4.90 Å². The Kier molecular flexibility index (Phi) is 3.50. The molecule has 0 aromatic carbocycles. The summed E-state index contributed by atoms with van der Waals surface area (Å²) in [5, 5.41) is 9.29. The van der Waals surface area contributed by atoms with Crippen LogP contribution in [0.2, 0.25) is 0 Å². The maximum absolute atomic E-state index is 11.9. The summed E-state index contributed by atoms with van der Waals surface area (Å²) in [6.45, 7) is 7.00. The van der Waals surface area contributed by atoms with Gasteiger partial charge in [-0.15, -0.1) is 0 Å². The van der Waals surface area contributed by atoms with Crippen molar-refractivity contribution in [1.29, 1.82) is 0 Å². The van der Waals surface area contributed by atoms with Crippen LogP contribution in [0.4, 0.5) is 4.79 Å². The van der Waals surface area contributed by atoms with Crippen LogP contribution in [0, 0.1) is 0 Å². The lowest BCUT2D eigenvalue weighted by Crippen LogP contribution is -2.52. The molecule has 0 aromatic rings. The van der Waals surface area contributed by atoms with Gasteiger partial charge in [0, 0.05) is 12.6 Å². The second-order valence-electron chi connectivity index (χ2n) is 5.13. The first-order valence-electron chi connectivity index (χ1n) is 5.65. The first-order valence-corrected chi connectivity index (χ1v) is 5.65. The quantitative estimate of drug-likeness (QED) is 0.806. The molecule has 5 heteroatoms. The molecule has 0 radical (unpaired) electrons. The molecule has 0 fully saturated rings. The number of nitrogens with zero attached hydrogens (tertiary/aromatic N) is 1. The normalized spacial score (nSPS) is 23.9. The Morgan fingerprint density at radius 3 is 2.47 bits per heavy atom. The van der Waals surface area contributed by atoms with Gasteiger partial charge in [-0.3, -0.25) is 4.90 Å². The van der Waals surface area contributed by atoms with Crippen molar-refractivity contribution in [3.63, 3.8) is 0 Å². The van der Waals surface area contributed by atoms with Gasteiger partial charge in [0.25, 0.3) is 0 Å². The third-order valence-corrected chi connectivity index (χ3v) is 2.74. The highest BCUT2D eigenvalue weighted by Gasteiger charge is 2.47. The van der Waals surface area contributed by atoms with Crippen molar-refractivity contribution < 1.29 is 19.4 Å². The first-order chi connectivity index (χ1) is 7.73. The molecule has 1 aliphatic rings. The Bertz CT molecular complexity index is 356. The molecule has 0 unspecified atom stereocenters. The van der Waals surface area contributed by atoms with E-state index in [4.69, 9.17) is 4.74 Å². The van der Waals surface area contributed by atoms with Gasteiger partial charge in [0.1, 0.15) is 5.60 Å². The van der Waals surface area contributed by atoms with Crippen LogP contribution in [-0.4, -0.2) is 33.2 Å². The highest BCUT2D eigenvalue weighted by Crippen LogP contribution is 2.32. The molecular formula is C12H19NO4. The van der Waals surface area contributed by atoms with E-state index >= 15 is 0 Å². The number of amides is 1. The molecule has 5 nitrogen and oxygen atoms in total. The van der Waals surface area contributed by atoms with E-state index in [1.165, 1.54) is 11.1 Å². The minimum absolute atomic E-state index is 0.318. The van der Waals surface area contributed by atoms with Crippen LogP contribution >= 0.6 is 0 Å². The highest BCUT2D eigenvalue weighted by atomic mass is 16.6. The smallest absolute Gasteiger partial charge is 0.415 e. The lowest BCUT2D eigenvalue weighted by molar-refractivity contribution is -0.149. The van der Waals surface area contributed by atoms with Crippen LogP contribution in [0.3, 0.4) is 0 Å². The van der Waals surface area contributed by atoms with E-state index in [2.05, 4.69) is 0 Å². The third kappa shape index (κ3) is 2.60. The maximum Gasteiger partial charge on any atom is 0.415 e. The summed E-state index contributed by atoms with van der Waals surface area (Å²) < 4.78 is 5.20. The monoisotopic (exact) mass is 241 g/mol. The number of carbonyl (C=O) groups is 2. The van der Waals surface area contributed by atoms with Crippen molar-refractivity contribution in [2.75, 3.05) is 0 Å². The topological polar surface area (TPSA) is 66.8 Å². The Hall–Kier alpha value is -1.52. The lowest BCUT2D eigenvalue weighted by atomic mass is 9.93. The zero-order valence-electron chi connectivity index (χ0n) is 10.7. The molecule has 0 bridgehead atoms. The molecule has 96 valence electrons. The number of hydrogen-bond acceptors (Lipinski definition) is 3. The molecule has 1 atom stereocenters. The molecule has 1 amide bonds. The predicted molar refractivity (Wildman–Crippen MR) is 62.5 cm³/mol. The average molecular weight is 241 g/mol. The molecule has 0 saturated carbocycles. The molecule has 0 aromatic heterocycles. The van der Waals surface area contributed by atoms with Crippen LogP contribution in [0.1, 0.15) is 40.5 Å². The number of carboxylic acid groups (broad SMARTS) is 1. The molecule has 0 spiro atoms. The largest absolute Gasteiger partial charge is 0.479 e. The van der Waals surface area contributed by atoms with E-state index < -0.39 is 23.2 Å². The molecule has 1 heterocycles. The Morgan fingerprint density at radius 2 is 2.06 bits per heavy atom. The Labute approximate surface area is 101 Å². The molecule has 0 saturated heterocycles. The fourth-order valence-electron chi connectivity index (χ4n) is 1.80. The Morgan fingerprint density at radius 1 is 1.47 bits per heavy atom. The first kappa shape index (κ1) is 13.5. The number of ether oxygens (including phenoxy) is 1. The average Bonchev–Trinajstić information content (AvgIpc) is 2.59. The van der Waals surface area contributed by atoms with E-state index in [9.17, 15) is 14.7 Å². The van der Waals surface area contributed by atoms with E-state index in [1.807, 2.05) is 0 Å². The number of rotatable bonds is 2. The third-order valence-electron chi connectivity index (χ3n) is 2.74. The van der Waals surface area contributed by atoms with Crippen LogP contribution < -0.4 is 0 Å². The van der Waals surface area contributed by atoms with Gasteiger partial charge in [-0.05, 0) is 27.2 Å². The van der Waals surface area contributed by atoms with Gasteiger partial charge in [-0.1, -0.05) is 13.0 Å². The van der Waals surface area contributed by atoms with E-state index in [1.54, 1.807) is 33.8 Å². The predicted octanol–water partition coefficient (Wildman–Crippen LogP) is 2.37. The summed E-state index contributed by atoms with van der Waals surface area (Å²) in [6, 6.07) is 0.